The van der Waals surface area contributed by atoms with Gasteiger partial charge in [0.1, 0.15) is 11.5 Å². The molecule has 12 heteroatoms. The quantitative estimate of drug-likeness (QED) is 0.306. The molecule has 0 saturated carbocycles. The third-order valence-electron chi connectivity index (χ3n) is 4.00. The van der Waals surface area contributed by atoms with Gasteiger partial charge < -0.3 is 9.47 Å². The highest BCUT2D eigenvalue weighted by Gasteiger charge is 2.16. The van der Waals surface area contributed by atoms with Gasteiger partial charge in [0, 0.05) is 0 Å². The van der Waals surface area contributed by atoms with E-state index in [0.717, 1.165) is 24.3 Å². The molecule has 0 aliphatic rings. The van der Waals surface area contributed by atoms with Crippen molar-refractivity contribution >= 4 is 32.2 Å². The zero-order chi connectivity index (χ0) is 23.5. The third kappa shape index (κ3) is 5.76. The summed E-state index contributed by atoms with van der Waals surface area (Å²) in [6, 6.07) is 14.3. The summed E-state index contributed by atoms with van der Waals surface area (Å²) >= 11 is 0. The fourth-order valence-electron chi connectivity index (χ4n) is 2.46. The maximum Gasteiger partial charge on any atom is 0.343 e. The van der Waals surface area contributed by atoms with E-state index < -0.39 is 32.2 Å². The number of esters is 2. The molecule has 166 valence electrons. The zero-order valence-corrected chi connectivity index (χ0v) is 17.5. The minimum absolute atomic E-state index is 0.0000260. The molecule has 0 atom stereocenters. The molecule has 0 aliphatic heterocycles. The number of ether oxygens (including phenoxy) is 2. The molecule has 32 heavy (non-hydrogen) atoms. The lowest BCUT2D eigenvalue weighted by molar-refractivity contribution is 0.0734. The monoisotopic (exact) mass is 478 g/mol. The Morgan fingerprint density at radius 2 is 0.938 bits per heavy atom. The normalized spacial score (nSPS) is 11.6. The van der Waals surface area contributed by atoms with Crippen LogP contribution in [0.5, 0.6) is 11.5 Å². The second kappa shape index (κ2) is 8.88. The molecular weight excluding hydrogens is 464 g/mol. The minimum atomic E-state index is -4.39. The Morgan fingerprint density at radius 3 is 1.25 bits per heavy atom. The fourth-order valence-corrected chi connectivity index (χ4v) is 3.42. The van der Waals surface area contributed by atoms with E-state index in [1.54, 1.807) is 0 Å². The number of rotatable bonds is 6. The standard InChI is InChI=1S/C20H14O10S2/c21-19(29-15-4-8-17(9-5-15)31(23,24)25)13-2-1-3-14(12-13)20(22)30-16-6-10-18(11-7-16)32(26,27)28/h1-12H,(H,23,24,25)(H,26,27,28). The van der Waals surface area contributed by atoms with Crippen molar-refractivity contribution in [3.05, 3.63) is 83.9 Å². The number of carbonyl (C=O) groups excluding carboxylic acids is 2. The summed E-state index contributed by atoms with van der Waals surface area (Å²) in [6.07, 6.45) is 0. The highest BCUT2D eigenvalue weighted by atomic mass is 32.2. The van der Waals surface area contributed by atoms with Gasteiger partial charge in [-0.2, -0.15) is 16.8 Å². The van der Waals surface area contributed by atoms with Crippen molar-refractivity contribution in [2.45, 2.75) is 9.79 Å². The molecule has 3 aromatic carbocycles. The van der Waals surface area contributed by atoms with Crippen LogP contribution in [0.15, 0.2) is 82.6 Å². The summed E-state index contributed by atoms with van der Waals surface area (Å²) in [6.45, 7) is 0. The molecular formula is C20H14O10S2. The molecule has 0 heterocycles. The zero-order valence-electron chi connectivity index (χ0n) is 15.9. The summed E-state index contributed by atoms with van der Waals surface area (Å²) in [5, 5.41) is 0. The number of hydrogen-bond acceptors (Lipinski definition) is 8. The Bertz CT molecular complexity index is 1270. The van der Waals surface area contributed by atoms with Crippen molar-refractivity contribution in [1.29, 1.82) is 0 Å². The molecule has 0 amide bonds. The van der Waals surface area contributed by atoms with Crippen molar-refractivity contribution < 1.29 is 45.0 Å². The van der Waals surface area contributed by atoms with Gasteiger partial charge in [-0.3, -0.25) is 9.11 Å². The fraction of sp³-hybridized carbons (Fsp3) is 0. The third-order valence-corrected chi connectivity index (χ3v) is 5.73. The summed E-state index contributed by atoms with van der Waals surface area (Å²) < 4.78 is 72.3. The lowest BCUT2D eigenvalue weighted by Gasteiger charge is -2.08. The van der Waals surface area contributed by atoms with Crippen molar-refractivity contribution in [1.82, 2.24) is 0 Å². The van der Waals surface area contributed by atoms with Crippen LogP contribution in [0, 0.1) is 0 Å². The number of carbonyl (C=O) groups is 2. The van der Waals surface area contributed by atoms with Gasteiger partial charge in [-0.25, -0.2) is 9.59 Å². The van der Waals surface area contributed by atoms with Gasteiger partial charge in [0.25, 0.3) is 20.2 Å². The van der Waals surface area contributed by atoms with Crippen LogP contribution >= 0.6 is 0 Å². The molecule has 0 fully saturated rings. The molecule has 0 aromatic heterocycles. The van der Waals surface area contributed by atoms with E-state index >= 15 is 0 Å². The molecule has 0 aliphatic carbocycles. The van der Waals surface area contributed by atoms with Crippen molar-refractivity contribution in [3.63, 3.8) is 0 Å². The average molecular weight is 478 g/mol. The topological polar surface area (TPSA) is 161 Å². The first kappa shape index (κ1) is 23.1. The van der Waals surface area contributed by atoms with Gasteiger partial charge in [0.05, 0.1) is 20.9 Å². The van der Waals surface area contributed by atoms with Crippen LogP contribution in [0.3, 0.4) is 0 Å². The van der Waals surface area contributed by atoms with Crippen molar-refractivity contribution in [2.75, 3.05) is 0 Å². The Hall–Kier alpha value is -3.58. The first-order valence-electron chi connectivity index (χ1n) is 8.63. The summed E-state index contributed by atoms with van der Waals surface area (Å²) in [5.74, 6) is -1.66. The van der Waals surface area contributed by atoms with E-state index in [1.807, 2.05) is 0 Å². The summed E-state index contributed by atoms with van der Waals surface area (Å²) in [5.41, 5.74) is 0.0000520. The molecule has 0 spiro atoms. The molecule has 0 radical (unpaired) electrons. The Morgan fingerprint density at radius 1 is 0.594 bits per heavy atom. The number of hydrogen-bond donors (Lipinski definition) is 2. The second-order valence-corrected chi connectivity index (χ2v) is 9.10. The van der Waals surface area contributed by atoms with E-state index in [1.165, 1.54) is 48.5 Å². The van der Waals surface area contributed by atoms with Crippen LogP contribution in [0.4, 0.5) is 0 Å². The maximum absolute atomic E-state index is 12.3. The first-order valence-corrected chi connectivity index (χ1v) is 11.5. The highest BCUT2D eigenvalue weighted by molar-refractivity contribution is 7.86. The van der Waals surface area contributed by atoms with E-state index in [2.05, 4.69) is 0 Å². The van der Waals surface area contributed by atoms with Crippen LogP contribution in [0.1, 0.15) is 20.7 Å². The van der Waals surface area contributed by atoms with Crippen LogP contribution in [-0.4, -0.2) is 37.9 Å². The molecule has 10 nitrogen and oxygen atoms in total. The van der Waals surface area contributed by atoms with Crippen LogP contribution in [0.25, 0.3) is 0 Å². The van der Waals surface area contributed by atoms with Gasteiger partial charge >= 0.3 is 11.9 Å². The predicted octanol–water partition coefficient (Wildman–Crippen LogP) is 2.62. The molecule has 0 unspecified atom stereocenters. The molecule has 2 N–H and O–H groups in total. The van der Waals surface area contributed by atoms with Gasteiger partial charge in [-0.15, -0.1) is 0 Å². The van der Waals surface area contributed by atoms with Gasteiger partial charge in [0.15, 0.2) is 0 Å². The Balaban J connectivity index is 1.71. The molecule has 0 bridgehead atoms. The van der Waals surface area contributed by atoms with Gasteiger partial charge in [0.2, 0.25) is 0 Å². The van der Waals surface area contributed by atoms with E-state index in [0.29, 0.717) is 0 Å². The molecule has 3 rings (SSSR count). The number of benzene rings is 3. The van der Waals surface area contributed by atoms with Crippen molar-refractivity contribution in [2.24, 2.45) is 0 Å². The average Bonchev–Trinajstić information content (AvgIpc) is 2.73. The lowest BCUT2D eigenvalue weighted by atomic mass is 10.1. The predicted molar refractivity (Wildman–Crippen MR) is 109 cm³/mol. The van der Waals surface area contributed by atoms with Crippen LogP contribution in [0.2, 0.25) is 0 Å². The second-order valence-electron chi connectivity index (χ2n) is 6.25. The smallest absolute Gasteiger partial charge is 0.343 e. The first-order chi connectivity index (χ1) is 14.9. The summed E-state index contributed by atoms with van der Waals surface area (Å²) in [4.78, 5) is 23.9. The SMILES string of the molecule is O=C(Oc1ccc(S(=O)(=O)O)cc1)c1cccc(C(=O)Oc2ccc(S(=O)(=O)O)cc2)c1. The van der Waals surface area contributed by atoms with Gasteiger partial charge in [-0.1, -0.05) is 6.07 Å². The minimum Gasteiger partial charge on any atom is -0.423 e. The highest BCUT2D eigenvalue weighted by Crippen LogP contribution is 2.19. The Kier molecular flexibility index (Phi) is 6.41. The van der Waals surface area contributed by atoms with E-state index in [9.17, 15) is 26.4 Å². The van der Waals surface area contributed by atoms with Crippen molar-refractivity contribution in [3.8, 4) is 11.5 Å². The van der Waals surface area contributed by atoms with E-state index in [4.69, 9.17) is 18.6 Å². The van der Waals surface area contributed by atoms with Gasteiger partial charge in [-0.05, 0) is 66.7 Å². The summed E-state index contributed by atoms with van der Waals surface area (Å²) in [7, 11) is -8.77. The molecule has 0 saturated heterocycles. The van der Waals surface area contributed by atoms with Crippen LogP contribution in [-0.2, 0) is 20.2 Å². The molecule has 3 aromatic rings. The largest absolute Gasteiger partial charge is 0.423 e. The maximum atomic E-state index is 12.3. The lowest BCUT2D eigenvalue weighted by Crippen LogP contribution is -2.12. The van der Waals surface area contributed by atoms with Crippen LogP contribution < -0.4 is 9.47 Å². The Labute approximate surface area is 182 Å². The van der Waals surface area contributed by atoms with E-state index in [-0.39, 0.29) is 32.4 Å².